The van der Waals surface area contributed by atoms with Crippen LogP contribution in [0.15, 0.2) is 24.4 Å². The second kappa shape index (κ2) is 4.75. The first-order chi connectivity index (χ1) is 8.50. The first-order valence-corrected chi connectivity index (χ1v) is 5.31. The number of hydrogen-bond donors (Lipinski definition) is 5. The number of aromatic amines is 1. The highest BCUT2D eigenvalue weighted by Gasteiger charge is 2.18. The van der Waals surface area contributed by atoms with Crippen LogP contribution in [0.4, 0.5) is 5.69 Å². The summed E-state index contributed by atoms with van der Waals surface area (Å²) in [6, 6.07) is 3.79. The molecule has 1 aromatic carbocycles. The average Bonchev–Trinajstić information content (AvgIpc) is 2.72. The van der Waals surface area contributed by atoms with Gasteiger partial charge in [0.15, 0.2) is 5.69 Å². The monoisotopic (exact) mass is 251 g/mol. The average molecular weight is 251 g/mol. The van der Waals surface area contributed by atoms with Gasteiger partial charge in [-0.05, 0) is 11.6 Å². The Morgan fingerprint density at radius 3 is 2.89 bits per heavy atom. The quantitative estimate of drug-likeness (QED) is 0.469. The number of aromatic nitrogens is 1. The molecular formula is C11H13N3O4. The Morgan fingerprint density at radius 1 is 1.56 bits per heavy atom. The summed E-state index contributed by atoms with van der Waals surface area (Å²) in [5.74, 6) is -1.11. The number of carbonyl (C=O) groups is 1. The van der Waals surface area contributed by atoms with Crippen LogP contribution in [0.2, 0.25) is 0 Å². The minimum Gasteiger partial charge on any atom is -0.595 e. The molecular weight excluding hydrogens is 238 g/mol. The molecule has 2 unspecified atom stereocenters. The first kappa shape index (κ1) is 12.5. The van der Waals surface area contributed by atoms with Gasteiger partial charge in [-0.3, -0.25) is 4.79 Å². The van der Waals surface area contributed by atoms with Crippen molar-refractivity contribution >= 4 is 22.6 Å². The molecule has 0 fully saturated rings. The maximum absolute atomic E-state index is 11.1. The van der Waals surface area contributed by atoms with Gasteiger partial charge in [-0.2, -0.15) is 5.23 Å². The van der Waals surface area contributed by atoms with Crippen LogP contribution >= 0.6 is 0 Å². The van der Waals surface area contributed by atoms with Crippen molar-refractivity contribution in [2.45, 2.75) is 12.5 Å². The van der Waals surface area contributed by atoms with Gasteiger partial charge in [0.25, 0.3) is 0 Å². The molecule has 18 heavy (non-hydrogen) atoms. The Morgan fingerprint density at radius 2 is 2.28 bits per heavy atom. The molecule has 1 aromatic heterocycles. The molecule has 96 valence electrons. The van der Waals surface area contributed by atoms with Crippen LogP contribution in [0.1, 0.15) is 5.56 Å². The van der Waals surface area contributed by atoms with Gasteiger partial charge >= 0.3 is 5.97 Å². The van der Waals surface area contributed by atoms with Crippen molar-refractivity contribution in [3.63, 3.8) is 0 Å². The molecule has 0 aliphatic rings. The number of carboxylic acid groups (broad SMARTS) is 1. The number of rotatable bonds is 4. The molecule has 0 radical (unpaired) electrons. The highest BCUT2D eigenvalue weighted by molar-refractivity contribution is 5.92. The van der Waals surface area contributed by atoms with Gasteiger partial charge < -0.3 is 21.0 Å². The summed E-state index contributed by atoms with van der Waals surface area (Å²) in [6.45, 7) is 0. The van der Waals surface area contributed by atoms with Crippen LogP contribution < -0.4 is 11.0 Å². The first-order valence-electron chi connectivity index (χ1n) is 5.31. The normalized spacial score (nSPS) is 14.6. The van der Waals surface area contributed by atoms with Gasteiger partial charge in [0.1, 0.15) is 6.04 Å². The topological polar surface area (TPSA) is 127 Å². The van der Waals surface area contributed by atoms with Gasteiger partial charge in [0, 0.05) is 18.7 Å². The summed E-state index contributed by atoms with van der Waals surface area (Å²) < 4.78 is 0. The molecule has 7 nitrogen and oxygen atoms in total. The third kappa shape index (κ3) is 2.20. The van der Waals surface area contributed by atoms with Crippen LogP contribution in [0.3, 0.4) is 0 Å². The standard InChI is InChI=1S/C11H13N3O4/c12-7(11(15)16)4-6-5-13-8-2-1-3-9(10(6)8)14(17)18/h1-3,5,7,13-14,17H,4,12H2,(H,15,16). The highest BCUT2D eigenvalue weighted by atomic mass is 16.8. The van der Waals surface area contributed by atoms with Gasteiger partial charge in [-0.15, -0.1) is 0 Å². The molecule has 2 atom stereocenters. The molecule has 7 heteroatoms. The maximum Gasteiger partial charge on any atom is 0.320 e. The molecule has 2 rings (SSSR count). The summed E-state index contributed by atoms with van der Waals surface area (Å²) in [5.41, 5.74) is 6.85. The van der Waals surface area contributed by atoms with Gasteiger partial charge in [-0.1, -0.05) is 6.07 Å². The second-order valence-corrected chi connectivity index (χ2v) is 4.00. The van der Waals surface area contributed by atoms with Crippen molar-refractivity contribution in [2.75, 3.05) is 0 Å². The minimum absolute atomic E-state index is 0.0830. The Balaban J connectivity index is 2.48. The third-order valence-corrected chi connectivity index (χ3v) is 2.77. The van der Waals surface area contributed by atoms with Crippen molar-refractivity contribution in [3.8, 4) is 0 Å². The molecule has 0 spiro atoms. The molecule has 0 amide bonds. The van der Waals surface area contributed by atoms with Crippen LogP contribution in [-0.2, 0) is 11.2 Å². The van der Waals surface area contributed by atoms with E-state index >= 15 is 0 Å². The molecule has 0 saturated carbocycles. The highest BCUT2D eigenvalue weighted by Crippen LogP contribution is 2.25. The number of quaternary nitrogens is 1. The van der Waals surface area contributed by atoms with Crippen LogP contribution in [-0.4, -0.2) is 27.3 Å². The number of carboxylic acids is 1. The lowest BCUT2D eigenvalue weighted by Crippen LogP contribution is -2.99. The zero-order valence-corrected chi connectivity index (χ0v) is 9.38. The van der Waals surface area contributed by atoms with Crippen molar-refractivity contribution in [1.29, 1.82) is 0 Å². The summed E-state index contributed by atoms with van der Waals surface area (Å²) in [5, 5.41) is 28.5. The number of hydrogen-bond acceptors (Lipinski definition) is 4. The summed E-state index contributed by atoms with van der Waals surface area (Å²) in [6.07, 6.45) is 1.68. The third-order valence-electron chi connectivity index (χ3n) is 2.77. The Kier molecular flexibility index (Phi) is 3.30. The van der Waals surface area contributed by atoms with Crippen molar-refractivity contribution < 1.29 is 20.3 Å². The van der Waals surface area contributed by atoms with E-state index in [0.29, 0.717) is 16.5 Å². The van der Waals surface area contributed by atoms with E-state index in [1.54, 1.807) is 18.3 Å². The van der Waals surface area contributed by atoms with E-state index in [2.05, 4.69) is 4.98 Å². The summed E-state index contributed by atoms with van der Waals surface area (Å²) in [4.78, 5) is 13.6. The van der Waals surface area contributed by atoms with E-state index < -0.39 is 17.2 Å². The Bertz CT molecular complexity index is 579. The number of nitrogens with one attached hydrogen (secondary N) is 2. The Hall–Kier alpha value is -1.93. The van der Waals surface area contributed by atoms with E-state index in [9.17, 15) is 10.0 Å². The lowest BCUT2D eigenvalue weighted by molar-refractivity contribution is -0.990. The lowest BCUT2D eigenvalue weighted by atomic mass is 10.0. The predicted octanol–water partition coefficient (Wildman–Crippen LogP) is -0.474. The molecule has 0 aliphatic carbocycles. The predicted molar refractivity (Wildman–Crippen MR) is 63.4 cm³/mol. The maximum atomic E-state index is 11.1. The van der Waals surface area contributed by atoms with Crippen molar-refractivity contribution in [1.82, 2.24) is 4.98 Å². The van der Waals surface area contributed by atoms with Crippen LogP contribution in [0, 0.1) is 5.21 Å². The molecule has 0 aliphatic heterocycles. The molecule has 1 heterocycles. The van der Waals surface area contributed by atoms with Crippen LogP contribution in [0.5, 0.6) is 0 Å². The number of fused-ring (bicyclic) bond motifs is 1. The minimum atomic E-state index is -1.11. The molecule has 6 N–H and O–H groups in total. The zero-order valence-electron chi connectivity index (χ0n) is 9.38. The van der Waals surface area contributed by atoms with Crippen molar-refractivity contribution in [3.05, 3.63) is 35.2 Å². The summed E-state index contributed by atoms with van der Waals surface area (Å²) >= 11 is 0. The molecule has 2 aromatic rings. The Labute approximate surface area is 102 Å². The van der Waals surface area contributed by atoms with Crippen molar-refractivity contribution in [2.24, 2.45) is 5.73 Å². The zero-order chi connectivity index (χ0) is 13.3. The fraction of sp³-hybridized carbons (Fsp3) is 0.182. The lowest BCUT2D eigenvalue weighted by Gasteiger charge is -2.14. The fourth-order valence-corrected chi connectivity index (χ4v) is 1.92. The van der Waals surface area contributed by atoms with E-state index in [4.69, 9.17) is 16.0 Å². The van der Waals surface area contributed by atoms with E-state index in [1.165, 1.54) is 6.07 Å². The van der Waals surface area contributed by atoms with Crippen LogP contribution in [0.25, 0.3) is 10.9 Å². The number of H-pyrrole nitrogens is 1. The number of aliphatic carboxylic acids is 1. The second-order valence-electron chi connectivity index (χ2n) is 4.00. The largest absolute Gasteiger partial charge is 0.595 e. The SMILES string of the molecule is NC(Cc1c[nH]c2cccc([NH+]([O-])O)c12)C(=O)O. The molecule has 0 saturated heterocycles. The van der Waals surface area contributed by atoms with Gasteiger partial charge in [-0.25, -0.2) is 5.21 Å². The molecule has 0 bridgehead atoms. The van der Waals surface area contributed by atoms with Gasteiger partial charge in [0.05, 0.1) is 10.9 Å². The summed E-state index contributed by atoms with van der Waals surface area (Å²) in [7, 11) is 0. The van der Waals surface area contributed by atoms with E-state index in [-0.39, 0.29) is 12.1 Å². The smallest absolute Gasteiger partial charge is 0.320 e. The van der Waals surface area contributed by atoms with E-state index in [0.717, 1.165) is 0 Å². The van der Waals surface area contributed by atoms with Gasteiger partial charge in [0.2, 0.25) is 0 Å². The fourth-order valence-electron chi connectivity index (χ4n) is 1.92. The number of nitrogens with two attached hydrogens (primary N) is 1. The number of benzene rings is 1. The van der Waals surface area contributed by atoms with E-state index in [1.807, 2.05) is 0 Å².